The Labute approximate surface area is 136 Å². The third kappa shape index (κ3) is 4.61. The molecule has 6 nitrogen and oxygen atoms in total. The fourth-order valence-corrected chi connectivity index (χ4v) is 3.12. The van der Waals surface area contributed by atoms with Crippen LogP contribution in [-0.4, -0.2) is 24.7 Å². The molecule has 0 bridgehead atoms. The zero-order valence-corrected chi connectivity index (χ0v) is 14.0. The minimum Gasteiger partial charge on any atom is -0.268 e. The van der Waals surface area contributed by atoms with E-state index in [0.29, 0.717) is 13.0 Å². The highest BCUT2D eigenvalue weighted by atomic mass is 127. The van der Waals surface area contributed by atoms with Crippen LogP contribution in [0.25, 0.3) is 0 Å². The van der Waals surface area contributed by atoms with Crippen molar-refractivity contribution in [2.45, 2.75) is 17.9 Å². The lowest BCUT2D eigenvalue weighted by molar-refractivity contribution is 0.535. The van der Waals surface area contributed by atoms with Gasteiger partial charge in [-0.15, -0.1) is 0 Å². The first-order valence-electron chi connectivity index (χ1n) is 6.26. The molecular weight excluding hydrogens is 405 g/mol. The fourth-order valence-electron chi connectivity index (χ4n) is 1.69. The molecule has 1 heterocycles. The van der Waals surface area contributed by atoms with E-state index in [1.54, 1.807) is 30.3 Å². The molecule has 8 heteroatoms. The highest BCUT2D eigenvalue weighted by molar-refractivity contribution is 14.1. The van der Waals surface area contributed by atoms with Gasteiger partial charge >= 0.3 is 0 Å². The summed E-state index contributed by atoms with van der Waals surface area (Å²) in [5.41, 5.74) is -0.196. The summed E-state index contributed by atoms with van der Waals surface area (Å²) in [7, 11) is -3.50. The number of aromatic nitrogens is 2. The Hall–Kier alpha value is -1.26. The minimum absolute atomic E-state index is 0.196. The van der Waals surface area contributed by atoms with Gasteiger partial charge in [-0.1, -0.05) is 0 Å². The van der Waals surface area contributed by atoms with E-state index in [1.807, 2.05) is 0 Å². The van der Waals surface area contributed by atoms with Crippen LogP contribution in [0.1, 0.15) is 6.42 Å². The number of hydrogen-bond donors (Lipinski definition) is 1. The van der Waals surface area contributed by atoms with Crippen molar-refractivity contribution in [2.24, 2.45) is 0 Å². The van der Waals surface area contributed by atoms with Crippen molar-refractivity contribution < 1.29 is 8.42 Å². The molecule has 0 fully saturated rings. The molecular formula is C13H14IN3O3S. The predicted molar refractivity (Wildman–Crippen MR) is 87.5 cm³/mol. The molecule has 1 aromatic carbocycles. The molecule has 1 aromatic heterocycles. The van der Waals surface area contributed by atoms with E-state index in [4.69, 9.17) is 0 Å². The van der Waals surface area contributed by atoms with E-state index >= 15 is 0 Å². The monoisotopic (exact) mass is 419 g/mol. The van der Waals surface area contributed by atoms with E-state index in [0.717, 1.165) is 3.57 Å². The molecule has 0 aliphatic rings. The maximum Gasteiger partial charge on any atom is 0.266 e. The van der Waals surface area contributed by atoms with Crippen molar-refractivity contribution in [1.82, 2.24) is 14.5 Å². The van der Waals surface area contributed by atoms with Gasteiger partial charge in [0, 0.05) is 28.9 Å². The predicted octanol–water partition coefficient (Wildman–Crippen LogP) is 1.22. The van der Waals surface area contributed by atoms with E-state index in [1.165, 1.54) is 16.9 Å². The highest BCUT2D eigenvalue weighted by Crippen LogP contribution is 2.11. The van der Waals surface area contributed by atoms with Gasteiger partial charge in [0.25, 0.3) is 5.56 Å². The first kappa shape index (κ1) is 16.1. The molecule has 0 saturated carbocycles. The second kappa shape index (κ2) is 7.14. The smallest absolute Gasteiger partial charge is 0.266 e. The van der Waals surface area contributed by atoms with Crippen molar-refractivity contribution in [3.63, 3.8) is 0 Å². The van der Waals surface area contributed by atoms with Gasteiger partial charge in [0.15, 0.2) is 0 Å². The number of sulfonamides is 1. The second-order valence-corrected chi connectivity index (χ2v) is 7.30. The summed E-state index contributed by atoms with van der Waals surface area (Å²) in [6.45, 7) is 0.617. The molecule has 2 aromatic rings. The summed E-state index contributed by atoms with van der Waals surface area (Å²) >= 11 is 2.11. The van der Waals surface area contributed by atoms with Gasteiger partial charge in [-0.2, -0.15) is 5.10 Å². The van der Waals surface area contributed by atoms with Gasteiger partial charge in [-0.3, -0.25) is 4.79 Å². The number of nitrogens with one attached hydrogen (secondary N) is 1. The Balaban J connectivity index is 1.90. The molecule has 1 N–H and O–H groups in total. The number of halogens is 1. The molecule has 0 aliphatic heterocycles. The van der Waals surface area contributed by atoms with Gasteiger partial charge in [0.2, 0.25) is 10.0 Å². The largest absolute Gasteiger partial charge is 0.268 e. The number of benzene rings is 1. The van der Waals surface area contributed by atoms with Crippen molar-refractivity contribution in [3.05, 3.63) is 56.5 Å². The SMILES string of the molecule is O=c1cccnn1CCCNS(=O)(=O)c1ccc(I)cc1. The number of hydrogen-bond acceptors (Lipinski definition) is 4. The van der Waals surface area contributed by atoms with E-state index in [-0.39, 0.29) is 17.0 Å². The standard InChI is InChI=1S/C13H14IN3O3S/c14-11-4-6-12(7-5-11)21(19,20)16-9-2-10-17-13(18)3-1-8-15-17/h1,3-8,16H,2,9-10H2. The normalized spacial score (nSPS) is 11.5. The minimum atomic E-state index is -3.50. The van der Waals surface area contributed by atoms with Gasteiger partial charge in [0.1, 0.15) is 0 Å². The van der Waals surface area contributed by atoms with Crippen LogP contribution in [0.15, 0.2) is 52.3 Å². The molecule has 0 aliphatic carbocycles. The maximum absolute atomic E-state index is 12.0. The van der Waals surface area contributed by atoms with Crippen LogP contribution in [0.2, 0.25) is 0 Å². The fraction of sp³-hybridized carbons (Fsp3) is 0.231. The van der Waals surface area contributed by atoms with Crippen LogP contribution in [-0.2, 0) is 16.6 Å². The molecule has 0 saturated heterocycles. The number of nitrogens with zero attached hydrogens (tertiary/aromatic N) is 2. The number of rotatable bonds is 6. The second-order valence-electron chi connectivity index (χ2n) is 4.29. The van der Waals surface area contributed by atoms with Crippen LogP contribution >= 0.6 is 22.6 Å². The summed E-state index contributed by atoms with van der Waals surface area (Å²) in [6.07, 6.45) is 2.01. The lowest BCUT2D eigenvalue weighted by Gasteiger charge is -2.07. The Kier molecular flexibility index (Phi) is 5.48. The number of aryl methyl sites for hydroxylation is 1. The molecule has 2 rings (SSSR count). The Morgan fingerprint density at radius 3 is 2.57 bits per heavy atom. The Morgan fingerprint density at radius 2 is 1.90 bits per heavy atom. The topological polar surface area (TPSA) is 81.1 Å². The van der Waals surface area contributed by atoms with E-state index in [2.05, 4.69) is 32.4 Å². The summed E-state index contributed by atoms with van der Waals surface area (Å²) in [5.74, 6) is 0. The van der Waals surface area contributed by atoms with Crippen molar-refractivity contribution in [2.75, 3.05) is 6.54 Å². The van der Waals surface area contributed by atoms with Crippen LogP contribution in [0.4, 0.5) is 0 Å². The van der Waals surface area contributed by atoms with Crippen LogP contribution in [0.5, 0.6) is 0 Å². The molecule has 0 unspecified atom stereocenters. The first-order chi connectivity index (χ1) is 9.99. The van der Waals surface area contributed by atoms with Crippen molar-refractivity contribution in [1.29, 1.82) is 0 Å². The molecule has 112 valence electrons. The first-order valence-corrected chi connectivity index (χ1v) is 8.82. The maximum atomic E-state index is 12.0. The Morgan fingerprint density at radius 1 is 1.19 bits per heavy atom. The lowest BCUT2D eigenvalue weighted by Crippen LogP contribution is -2.27. The van der Waals surface area contributed by atoms with Gasteiger partial charge in [-0.05, 0) is 59.3 Å². The van der Waals surface area contributed by atoms with Crippen LogP contribution in [0.3, 0.4) is 0 Å². The van der Waals surface area contributed by atoms with Gasteiger partial charge < -0.3 is 0 Å². The molecule has 0 spiro atoms. The van der Waals surface area contributed by atoms with Crippen LogP contribution < -0.4 is 10.3 Å². The average Bonchev–Trinajstić information content (AvgIpc) is 2.46. The Bertz CT molecular complexity index is 757. The molecule has 0 atom stereocenters. The van der Waals surface area contributed by atoms with Crippen LogP contribution in [0, 0.1) is 3.57 Å². The van der Waals surface area contributed by atoms with E-state index < -0.39 is 10.0 Å². The van der Waals surface area contributed by atoms with Crippen molar-refractivity contribution in [3.8, 4) is 0 Å². The van der Waals surface area contributed by atoms with Gasteiger partial charge in [-0.25, -0.2) is 17.8 Å². The quantitative estimate of drug-likeness (QED) is 0.564. The highest BCUT2D eigenvalue weighted by Gasteiger charge is 2.12. The van der Waals surface area contributed by atoms with E-state index in [9.17, 15) is 13.2 Å². The van der Waals surface area contributed by atoms with Crippen molar-refractivity contribution >= 4 is 32.6 Å². The molecule has 21 heavy (non-hydrogen) atoms. The summed E-state index contributed by atoms with van der Waals surface area (Å²) in [4.78, 5) is 11.7. The lowest BCUT2D eigenvalue weighted by atomic mass is 10.4. The zero-order valence-electron chi connectivity index (χ0n) is 11.1. The molecule has 0 radical (unpaired) electrons. The average molecular weight is 419 g/mol. The molecule has 0 amide bonds. The summed E-state index contributed by atoms with van der Waals surface area (Å²) < 4.78 is 28.8. The summed E-state index contributed by atoms with van der Waals surface area (Å²) in [6, 6.07) is 9.59. The third-order valence-corrected chi connectivity index (χ3v) is 4.94. The zero-order chi connectivity index (χ0) is 15.3. The summed E-state index contributed by atoms with van der Waals surface area (Å²) in [5, 5.41) is 3.91. The van der Waals surface area contributed by atoms with Gasteiger partial charge in [0.05, 0.1) is 4.90 Å². The third-order valence-electron chi connectivity index (χ3n) is 2.75.